The van der Waals surface area contributed by atoms with Crippen molar-refractivity contribution in [2.24, 2.45) is 0 Å². The molecule has 0 aliphatic heterocycles. The van der Waals surface area contributed by atoms with Gasteiger partial charge in [0.15, 0.2) is 0 Å². The molecule has 4 heteroatoms. The lowest BCUT2D eigenvalue weighted by Gasteiger charge is -2.10. The Bertz CT molecular complexity index is 483. The Balaban J connectivity index is 2.17. The van der Waals surface area contributed by atoms with Gasteiger partial charge in [0, 0.05) is 15.8 Å². The molecule has 16 heavy (non-hydrogen) atoms. The molecule has 1 unspecified atom stereocenters. The van der Waals surface area contributed by atoms with E-state index in [1.54, 1.807) is 18.2 Å². The number of hydrogen-bond acceptors (Lipinski definition) is 2. The van der Waals surface area contributed by atoms with Gasteiger partial charge in [-0.25, -0.2) is 4.39 Å². The van der Waals surface area contributed by atoms with Gasteiger partial charge in [-0.05, 0) is 39.0 Å². The predicted octanol–water partition coefficient (Wildman–Crippen LogP) is 3.93. The Morgan fingerprint density at radius 1 is 1.31 bits per heavy atom. The molecule has 2 aromatic rings. The van der Waals surface area contributed by atoms with Crippen LogP contribution in [-0.2, 0) is 6.42 Å². The molecule has 84 valence electrons. The zero-order valence-corrected chi connectivity index (χ0v) is 10.8. The van der Waals surface area contributed by atoms with Crippen molar-refractivity contribution in [1.82, 2.24) is 0 Å². The molecule has 1 nitrogen and oxygen atoms in total. The maximum atomic E-state index is 13.4. The third-order valence-corrected chi connectivity index (χ3v) is 4.29. The lowest BCUT2D eigenvalue weighted by atomic mass is 10.1. The Morgan fingerprint density at radius 3 is 2.69 bits per heavy atom. The van der Waals surface area contributed by atoms with Crippen LogP contribution < -0.4 is 0 Å². The second kappa shape index (κ2) is 5.08. The van der Waals surface area contributed by atoms with Crippen molar-refractivity contribution >= 4 is 27.3 Å². The van der Waals surface area contributed by atoms with E-state index in [2.05, 4.69) is 15.9 Å². The largest absolute Gasteiger partial charge is 0.387 e. The molecule has 1 aromatic heterocycles. The molecule has 0 fully saturated rings. The molecule has 0 spiro atoms. The second-order valence-corrected chi connectivity index (χ2v) is 5.25. The normalized spacial score (nSPS) is 12.7. The van der Waals surface area contributed by atoms with Crippen molar-refractivity contribution in [3.63, 3.8) is 0 Å². The van der Waals surface area contributed by atoms with Crippen LogP contribution in [0.15, 0.2) is 40.2 Å². The summed E-state index contributed by atoms with van der Waals surface area (Å²) < 4.78 is 14.2. The molecule has 2 rings (SSSR count). The predicted molar refractivity (Wildman–Crippen MR) is 67.1 cm³/mol. The zero-order valence-electron chi connectivity index (χ0n) is 8.36. The van der Waals surface area contributed by atoms with Gasteiger partial charge < -0.3 is 5.11 Å². The van der Waals surface area contributed by atoms with Gasteiger partial charge in [0.2, 0.25) is 0 Å². The van der Waals surface area contributed by atoms with Crippen LogP contribution in [0, 0.1) is 5.82 Å². The number of rotatable bonds is 3. The first-order chi connectivity index (χ1) is 7.68. The molecular weight excluding hydrogens is 291 g/mol. The Labute approximate surface area is 106 Å². The minimum Gasteiger partial charge on any atom is -0.387 e. The molecule has 0 saturated carbocycles. The van der Waals surface area contributed by atoms with E-state index >= 15 is 0 Å². The summed E-state index contributed by atoms with van der Waals surface area (Å²) in [5.74, 6) is -0.269. The van der Waals surface area contributed by atoms with Crippen molar-refractivity contribution in [3.05, 3.63) is 56.4 Å². The van der Waals surface area contributed by atoms with E-state index in [0.29, 0.717) is 12.0 Å². The summed E-state index contributed by atoms with van der Waals surface area (Å²) in [7, 11) is 0. The molecule has 0 amide bonds. The van der Waals surface area contributed by atoms with Crippen molar-refractivity contribution in [2.75, 3.05) is 0 Å². The second-order valence-electron chi connectivity index (χ2n) is 3.44. The molecule has 1 heterocycles. The van der Waals surface area contributed by atoms with Crippen LogP contribution in [0.25, 0.3) is 0 Å². The summed E-state index contributed by atoms with van der Waals surface area (Å²) >= 11 is 4.82. The average Bonchev–Trinajstić information content (AvgIpc) is 2.68. The van der Waals surface area contributed by atoms with Crippen molar-refractivity contribution in [1.29, 1.82) is 0 Å². The number of aliphatic hydroxyl groups excluding tert-OH is 1. The first-order valence-corrected chi connectivity index (χ1v) is 6.50. The topological polar surface area (TPSA) is 20.2 Å². The van der Waals surface area contributed by atoms with Gasteiger partial charge in [0.05, 0.1) is 6.10 Å². The highest BCUT2D eigenvalue weighted by molar-refractivity contribution is 9.10. The Morgan fingerprint density at radius 2 is 2.06 bits per heavy atom. The fourth-order valence-electron chi connectivity index (χ4n) is 1.51. The maximum Gasteiger partial charge on any atom is 0.126 e. The van der Waals surface area contributed by atoms with Gasteiger partial charge in [-0.15, -0.1) is 11.3 Å². The van der Waals surface area contributed by atoms with E-state index in [1.165, 1.54) is 17.4 Å². The first-order valence-electron chi connectivity index (χ1n) is 4.83. The third-order valence-electron chi connectivity index (χ3n) is 2.32. The van der Waals surface area contributed by atoms with Crippen LogP contribution in [0.2, 0.25) is 0 Å². The fraction of sp³-hybridized carbons (Fsp3) is 0.167. The van der Waals surface area contributed by atoms with Gasteiger partial charge in [-0.2, -0.15) is 0 Å². The summed E-state index contributed by atoms with van der Waals surface area (Å²) in [5, 5.41) is 11.9. The van der Waals surface area contributed by atoms with E-state index in [1.807, 2.05) is 11.4 Å². The van der Waals surface area contributed by atoms with E-state index in [4.69, 9.17) is 0 Å². The van der Waals surface area contributed by atoms with Crippen LogP contribution in [0.5, 0.6) is 0 Å². The van der Waals surface area contributed by atoms with Gasteiger partial charge in [0.25, 0.3) is 0 Å². The number of benzene rings is 1. The molecule has 0 bridgehead atoms. The number of hydrogen-bond donors (Lipinski definition) is 1. The molecule has 1 atom stereocenters. The number of thiophene rings is 1. The lowest BCUT2D eigenvalue weighted by Crippen LogP contribution is -2.02. The van der Waals surface area contributed by atoms with Crippen LogP contribution >= 0.6 is 27.3 Å². The van der Waals surface area contributed by atoms with Gasteiger partial charge >= 0.3 is 0 Å². The smallest absolute Gasteiger partial charge is 0.126 e. The average molecular weight is 301 g/mol. The SMILES string of the molecule is OC(Cc1ccccc1F)c1sccc1Br. The van der Waals surface area contributed by atoms with Crippen LogP contribution in [0.1, 0.15) is 16.5 Å². The standard InChI is InChI=1S/C12H10BrFOS/c13-9-5-6-16-12(9)11(15)7-8-3-1-2-4-10(8)14/h1-6,11,15H,7H2. The summed E-state index contributed by atoms with van der Waals surface area (Å²) in [6.45, 7) is 0. The quantitative estimate of drug-likeness (QED) is 0.911. The van der Waals surface area contributed by atoms with E-state index in [0.717, 1.165) is 9.35 Å². The highest BCUT2D eigenvalue weighted by Gasteiger charge is 2.15. The van der Waals surface area contributed by atoms with Gasteiger partial charge in [0.1, 0.15) is 5.82 Å². The fourth-order valence-corrected chi connectivity index (χ4v) is 3.13. The molecular formula is C12H10BrFOS. The third kappa shape index (κ3) is 2.51. The van der Waals surface area contributed by atoms with Crippen molar-refractivity contribution in [3.8, 4) is 0 Å². The molecule has 0 aliphatic rings. The minimum absolute atomic E-state index is 0.269. The number of halogens is 2. The molecule has 0 saturated heterocycles. The monoisotopic (exact) mass is 300 g/mol. The lowest BCUT2D eigenvalue weighted by molar-refractivity contribution is 0.180. The molecule has 1 aromatic carbocycles. The van der Waals surface area contributed by atoms with Crippen LogP contribution in [-0.4, -0.2) is 5.11 Å². The highest BCUT2D eigenvalue weighted by atomic mass is 79.9. The molecule has 0 radical (unpaired) electrons. The molecule has 0 aliphatic carbocycles. The van der Waals surface area contributed by atoms with Crippen LogP contribution in [0.3, 0.4) is 0 Å². The summed E-state index contributed by atoms with van der Waals surface area (Å²) in [4.78, 5) is 0.836. The van der Waals surface area contributed by atoms with E-state index in [-0.39, 0.29) is 5.82 Å². The summed E-state index contributed by atoms with van der Waals surface area (Å²) in [6, 6.07) is 8.40. The van der Waals surface area contributed by atoms with Gasteiger partial charge in [-0.3, -0.25) is 0 Å². The minimum atomic E-state index is -0.661. The van der Waals surface area contributed by atoms with E-state index < -0.39 is 6.10 Å². The molecule has 1 N–H and O–H groups in total. The summed E-state index contributed by atoms with van der Waals surface area (Å²) in [5.41, 5.74) is 0.537. The van der Waals surface area contributed by atoms with Crippen LogP contribution in [0.4, 0.5) is 4.39 Å². The first kappa shape index (κ1) is 11.8. The summed E-state index contributed by atoms with van der Waals surface area (Å²) in [6.07, 6.45) is -0.363. The van der Waals surface area contributed by atoms with E-state index in [9.17, 15) is 9.50 Å². The maximum absolute atomic E-state index is 13.4. The van der Waals surface area contributed by atoms with Crippen molar-refractivity contribution < 1.29 is 9.50 Å². The Kier molecular flexibility index (Phi) is 3.74. The van der Waals surface area contributed by atoms with Gasteiger partial charge in [-0.1, -0.05) is 18.2 Å². The number of aliphatic hydroxyl groups is 1. The highest BCUT2D eigenvalue weighted by Crippen LogP contribution is 2.31. The Hall–Kier alpha value is -0.710. The zero-order chi connectivity index (χ0) is 11.5. The van der Waals surface area contributed by atoms with Crippen molar-refractivity contribution in [2.45, 2.75) is 12.5 Å².